The molecule has 13 heavy (non-hydrogen) atoms. The van der Waals surface area contributed by atoms with E-state index in [1.807, 2.05) is 0 Å². The molecule has 0 spiro atoms. The Morgan fingerprint density at radius 3 is 1.23 bits per heavy atom. The van der Waals surface area contributed by atoms with Crippen molar-refractivity contribution in [1.29, 1.82) is 21.0 Å². The minimum Gasteiger partial charge on any atom is -0.478 e. The Morgan fingerprint density at radius 2 is 1.23 bits per heavy atom. The lowest BCUT2D eigenvalue weighted by molar-refractivity contribution is -0.131. The fourth-order valence-corrected chi connectivity index (χ4v) is 0. The number of hydrogen-bond donors (Lipinski definition) is 1. The highest BCUT2D eigenvalue weighted by atomic mass is 16.4. The van der Waals surface area contributed by atoms with E-state index in [4.69, 9.17) is 26.2 Å². The zero-order valence-corrected chi connectivity index (χ0v) is 6.43. The van der Waals surface area contributed by atoms with Gasteiger partial charge in [0, 0.05) is 6.08 Å². The van der Waals surface area contributed by atoms with Gasteiger partial charge in [-0.15, -0.1) is 0 Å². The topological polar surface area (TPSA) is 132 Å². The molecule has 0 atom stereocenters. The normalized spacial score (nSPS) is 4.00. The van der Waals surface area contributed by atoms with Crippen molar-refractivity contribution in [2.75, 3.05) is 0 Å². The van der Waals surface area contributed by atoms with Gasteiger partial charge >= 0.3 is 5.97 Å². The molecular formula is C7H4N4O2. The van der Waals surface area contributed by atoms with Gasteiger partial charge < -0.3 is 5.11 Å². The first-order chi connectivity index (χ1) is 6.10. The summed E-state index contributed by atoms with van der Waals surface area (Å²) >= 11 is 0. The Hall–Kier alpha value is -2.83. The number of nitrogens with zero attached hydrogens (tertiary/aromatic N) is 4. The molecule has 6 heteroatoms. The average Bonchev–Trinajstić information content (AvgIpc) is 2.18. The molecule has 0 radical (unpaired) electrons. The first-order valence-corrected chi connectivity index (χ1v) is 2.52. The lowest BCUT2D eigenvalue weighted by atomic mass is 10.7. The molecule has 0 saturated carbocycles. The number of carboxylic acid groups (broad SMARTS) is 1. The van der Waals surface area contributed by atoms with E-state index >= 15 is 0 Å². The SMILES string of the molecule is C=CC(=O)O.N#CC#N.N#CC#N. The Labute approximate surface area is 74.8 Å². The molecule has 0 aliphatic heterocycles. The van der Waals surface area contributed by atoms with Gasteiger partial charge in [0.15, 0.2) is 24.3 Å². The molecule has 6 nitrogen and oxygen atoms in total. The fourth-order valence-electron chi connectivity index (χ4n) is 0. The van der Waals surface area contributed by atoms with Crippen molar-refractivity contribution in [1.82, 2.24) is 0 Å². The number of rotatable bonds is 1. The monoisotopic (exact) mass is 176 g/mol. The molecule has 0 rings (SSSR count). The molecule has 0 aliphatic rings. The van der Waals surface area contributed by atoms with Crippen LogP contribution in [0.5, 0.6) is 0 Å². The van der Waals surface area contributed by atoms with E-state index in [0.717, 1.165) is 6.08 Å². The smallest absolute Gasteiger partial charge is 0.327 e. The molecule has 0 aliphatic carbocycles. The number of carbonyl (C=O) groups is 1. The molecule has 0 fully saturated rings. The summed E-state index contributed by atoms with van der Waals surface area (Å²) in [6, 6.07) is 4.94. The van der Waals surface area contributed by atoms with Crippen molar-refractivity contribution in [3.05, 3.63) is 12.7 Å². The third-order valence-corrected chi connectivity index (χ3v) is 0.275. The summed E-state index contributed by atoms with van der Waals surface area (Å²) < 4.78 is 0. The lowest BCUT2D eigenvalue weighted by Crippen LogP contribution is -1.82. The number of carboxylic acids is 1. The highest BCUT2D eigenvalue weighted by Crippen LogP contribution is 1.54. The number of hydrogen-bond acceptors (Lipinski definition) is 5. The first kappa shape index (κ1) is 16.6. The zero-order valence-electron chi connectivity index (χ0n) is 6.43. The van der Waals surface area contributed by atoms with Crippen molar-refractivity contribution in [2.45, 2.75) is 0 Å². The quantitative estimate of drug-likeness (QED) is 0.572. The maximum absolute atomic E-state index is 9.25. The average molecular weight is 176 g/mol. The predicted octanol–water partition coefficient (Wildman–Crippen LogP) is 0.324. The van der Waals surface area contributed by atoms with Gasteiger partial charge in [-0.05, 0) is 0 Å². The van der Waals surface area contributed by atoms with Crippen LogP contribution in [-0.4, -0.2) is 11.1 Å². The van der Waals surface area contributed by atoms with Crippen molar-refractivity contribution < 1.29 is 9.90 Å². The summed E-state index contributed by atoms with van der Waals surface area (Å²) in [6.45, 7) is 2.96. The highest BCUT2D eigenvalue weighted by molar-refractivity contribution is 5.78. The molecular weight excluding hydrogens is 172 g/mol. The van der Waals surface area contributed by atoms with E-state index in [0.29, 0.717) is 0 Å². The number of nitriles is 4. The van der Waals surface area contributed by atoms with Crippen LogP contribution in [0.4, 0.5) is 0 Å². The molecule has 0 aromatic carbocycles. The predicted molar refractivity (Wildman–Crippen MR) is 40.3 cm³/mol. The van der Waals surface area contributed by atoms with Gasteiger partial charge in [-0.25, -0.2) is 4.79 Å². The number of aliphatic carboxylic acids is 1. The summed E-state index contributed by atoms with van der Waals surface area (Å²) in [5, 5.41) is 36.7. The minimum atomic E-state index is -0.981. The Morgan fingerprint density at radius 1 is 1.08 bits per heavy atom. The van der Waals surface area contributed by atoms with E-state index in [2.05, 4.69) is 6.58 Å². The van der Waals surface area contributed by atoms with Crippen LogP contribution in [-0.2, 0) is 4.79 Å². The van der Waals surface area contributed by atoms with Gasteiger partial charge in [0.1, 0.15) is 0 Å². The third kappa shape index (κ3) is 344. The third-order valence-electron chi connectivity index (χ3n) is 0.275. The maximum Gasteiger partial charge on any atom is 0.327 e. The Balaban J connectivity index is -0.000000117. The summed E-state index contributed by atoms with van der Waals surface area (Å²) in [5.74, 6) is -0.981. The second kappa shape index (κ2) is 22.9. The fraction of sp³-hybridized carbons (Fsp3) is 0. The molecule has 0 aromatic rings. The molecule has 64 valence electrons. The van der Waals surface area contributed by atoms with Gasteiger partial charge in [0.05, 0.1) is 0 Å². The van der Waals surface area contributed by atoms with Crippen molar-refractivity contribution in [3.8, 4) is 24.3 Å². The van der Waals surface area contributed by atoms with E-state index in [9.17, 15) is 4.79 Å². The van der Waals surface area contributed by atoms with Crippen LogP contribution in [0.3, 0.4) is 0 Å². The van der Waals surface area contributed by atoms with E-state index in [-0.39, 0.29) is 0 Å². The second-order valence-corrected chi connectivity index (χ2v) is 0.990. The Bertz CT molecular complexity index is 259. The van der Waals surface area contributed by atoms with Crippen molar-refractivity contribution in [2.24, 2.45) is 0 Å². The minimum absolute atomic E-state index is 0.833. The van der Waals surface area contributed by atoms with Crippen LogP contribution in [0.2, 0.25) is 0 Å². The van der Waals surface area contributed by atoms with Gasteiger partial charge in [0.25, 0.3) is 0 Å². The molecule has 0 aromatic heterocycles. The van der Waals surface area contributed by atoms with E-state index in [1.54, 1.807) is 0 Å². The van der Waals surface area contributed by atoms with E-state index < -0.39 is 5.97 Å². The van der Waals surface area contributed by atoms with Crippen LogP contribution >= 0.6 is 0 Å². The summed E-state index contributed by atoms with van der Waals surface area (Å²) in [7, 11) is 0. The van der Waals surface area contributed by atoms with Crippen molar-refractivity contribution in [3.63, 3.8) is 0 Å². The molecule has 0 heterocycles. The first-order valence-electron chi connectivity index (χ1n) is 2.52. The molecule has 0 unspecified atom stereocenters. The zero-order chi connectivity index (χ0) is 11.1. The second-order valence-electron chi connectivity index (χ2n) is 0.990. The molecule has 1 N–H and O–H groups in total. The summed E-state index contributed by atoms with van der Waals surface area (Å²) in [4.78, 5) is 9.25. The maximum atomic E-state index is 9.25. The molecule has 0 amide bonds. The summed E-state index contributed by atoms with van der Waals surface area (Å²) in [5.41, 5.74) is 0. The highest BCUT2D eigenvalue weighted by Gasteiger charge is 1.73. The lowest BCUT2D eigenvalue weighted by Gasteiger charge is -1.64. The van der Waals surface area contributed by atoms with Crippen LogP contribution < -0.4 is 0 Å². The van der Waals surface area contributed by atoms with Crippen LogP contribution in [0, 0.1) is 45.3 Å². The van der Waals surface area contributed by atoms with Crippen LogP contribution in [0.15, 0.2) is 12.7 Å². The standard InChI is InChI=1S/C3H4O2.2C2N2/c1-2-3(4)5;2*3-1-2-4/h2H,1H2,(H,4,5);;. The Kier molecular flexibility index (Phi) is 29.3. The van der Waals surface area contributed by atoms with Gasteiger partial charge in [-0.1, -0.05) is 6.58 Å². The van der Waals surface area contributed by atoms with Gasteiger partial charge in [-0.3, -0.25) is 0 Å². The van der Waals surface area contributed by atoms with Crippen LogP contribution in [0.25, 0.3) is 0 Å². The van der Waals surface area contributed by atoms with Gasteiger partial charge in [0.2, 0.25) is 0 Å². The van der Waals surface area contributed by atoms with Crippen molar-refractivity contribution >= 4 is 5.97 Å². The van der Waals surface area contributed by atoms with Crippen LogP contribution in [0.1, 0.15) is 0 Å². The molecule has 0 bridgehead atoms. The summed E-state index contributed by atoms with van der Waals surface area (Å²) in [6.07, 6.45) is 0.833. The van der Waals surface area contributed by atoms with Gasteiger partial charge in [-0.2, -0.15) is 21.0 Å². The largest absolute Gasteiger partial charge is 0.478 e. The molecule has 0 saturated heterocycles. The van der Waals surface area contributed by atoms with E-state index in [1.165, 1.54) is 24.3 Å².